The van der Waals surface area contributed by atoms with E-state index in [0.717, 1.165) is 17.0 Å². The Morgan fingerprint density at radius 2 is 1.77 bits per heavy atom. The molecule has 0 saturated heterocycles. The molecule has 0 radical (unpaired) electrons. The van der Waals surface area contributed by atoms with E-state index in [0.29, 0.717) is 23.4 Å². The van der Waals surface area contributed by atoms with Crippen molar-refractivity contribution in [1.29, 1.82) is 0 Å². The molecular weight excluding hydrogens is 396 g/mol. The van der Waals surface area contributed by atoms with E-state index in [1.807, 2.05) is 73.0 Å². The molecule has 3 rings (SSSR count). The van der Waals surface area contributed by atoms with Crippen molar-refractivity contribution in [3.8, 4) is 11.4 Å². The van der Waals surface area contributed by atoms with Gasteiger partial charge in [0, 0.05) is 12.2 Å². The van der Waals surface area contributed by atoms with Crippen molar-refractivity contribution in [2.45, 2.75) is 44.7 Å². The van der Waals surface area contributed by atoms with E-state index < -0.39 is 0 Å². The molecule has 30 heavy (non-hydrogen) atoms. The number of hydrogen-bond donors (Lipinski definition) is 1. The summed E-state index contributed by atoms with van der Waals surface area (Å²) in [5, 5.41) is 12.1. The number of para-hydroxylation sites is 2. The zero-order valence-electron chi connectivity index (χ0n) is 17.8. The molecule has 1 amide bonds. The zero-order valence-corrected chi connectivity index (χ0v) is 18.6. The smallest absolute Gasteiger partial charge is 0.233 e. The summed E-state index contributed by atoms with van der Waals surface area (Å²) in [6.45, 7) is 8.98. The molecule has 2 aromatic carbocycles. The van der Waals surface area contributed by atoms with Crippen LogP contribution < -0.4 is 10.1 Å². The highest BCUT2D eigenvalue weighted by molar-refractivity contribution is 8.00. The van der Waals surface area contributed by atoms with Gasteiger partial charge >= 0.3 is 0 Å². The van der Waals surface area contributed by atoms with Crippen LogP contribution in [0.3, 0.4) is 0 Å². The first-order valence-corrected chi connectivity index (χ1v) is 11.0. The van der Waals surface area contributed by atoms with Gasteiger partial charge in [-0.2, -0.15) is 0 Å². The molecule has 158 valence electrons. The summed E-state index contributed by atoms with van der Waals surface area (Å²) in [7, 11) is 0. The van der Waals surface area contributed by atoms with Gasteiger partial charge in [-0.1, -0.05) is 62.0 Å². The summed E-state index contributed by atoms with van der Waals surface area (Å²) < 4.78 is 7.96. The Balaban J connectivity index is 1.81. The minimum Gasteiger partial charge on any atom is -0.485 e. The molecular formula is C23H28N4O2S. The summed E-state index contributed by atoms with van der Waals surface area (Å²) in [5.74, 6) is 1.90. The monoisotopic (exact) mass is 424 g/mol. The molecule has 0 saturated carbocycles. The zero-order chi connectivity index (χ0) is 21.5. The van der Waals surface area contributed by atoms with E-state index in [1.54, 1.807) is 0 Å². The normalized spacial score (nSPS) is 12.0. The molecule has 1 N–H and O–H groups in total. The van der Waals surface area contributed by atoms with E-state index in [4.69, 9.17) is 4.74 Å². The highest BCUT2D eigenvalue weighted by Crippen LogP contribution is 2.27. The molecule has 0 aliphatic rings. The van der Waals surface area contributed by atoms with Crippen molar-refractivity contribution in [2.75, 3.05) is 6.54 Å². The van der Waals surface area contributed by atoms with Crippen LogP contribution in [0.5, 0.6) is 5.75 Å². The average molecular weight is 425 g/mol. The summed E-state index contributed by atoms with van der Waals surface area (Å²) in [6.07, 6.45) is 0. The second-order valence-electron chi connectivity index (χ2n) is 7.52. The third-order valence-corrected chi connectivity index (χ3v) is 5.54. The van der Waals surface area contributed by atoms with E-state index in [1.165, 1.54) is 11.8 Å². The Hall–Kier alpha value is -2.80. The second-order valence-corrected chi connectivity index (χ2v) is 8.83. The first-order chi connectivity index (χ1) is 14.5. The minimum atomic E-state index is -0.291. The van der Waals surface area contributed by atoms with Gasteiger partial charge in [0.1, 0.15) is 12.4 Å². The number of aryl methyl sites for hydroxylation is 1. The van der Waals surface area contributed by atoms with Crippen LogP contribution in [-0.2, 0) is 11.4 Å². The third-order valence-electron chi connectivity index (χ3n) is 4.50. The fourth-order valence-corrected chi connectivity index (χ4v) is 3.74. The number of ether oxygens (including phenoxy) is 1. The van der Waals surface area contributed by atoms with Gasteiger partial charge in [0.25, 0.3) is 0 Å². The Morgan fingerprint density at radius 3 is 2.47 bits per heavy atom. The standard InChI is InChI=1S/C23H28N4O2S/c1-16(2)14-24-22(28)18(4)30-23-26-25-21(27(23)19-11-6-5-7-12-19)15-29-20-13-9-8-10-17(20)3/h5-13,16,18H,14-15H2,1-4H3,(H,24,28). The number of nitrogens with one attached hydrogen (secondary N) is 1. The summed E-state index contributed by atoms with van der Waals surface area (Å²) >= 11 is 1.39. The third kappa shape index (κ3) is 5.63. The van der Waals surface area contributed by atoms with Gasteiger partial charge in [-0.05, 0) is 43.5 Å². The number of thioether (sulfide) groups is 1. The number of carbonyl (C=O) groups excluding carboxylic acids is 1. The Morgan fingerprint density at radius 1 is 1.07 bits per heavy atom. The van der Waals surface area contributed by atoms with Crippen LogP contribution in [0.2, 0.25) is 0 Å². The number of carbonyl (C=O) groups is 1. The van der Waals surface area contributed by atoms with Crippen molar-refractivity contribution in [1.82, 2.24) is 20.1 Å². The number of rotatable bonds is 9. The molecule has 3 aromatic rings. The van der Waals surface area contributed by atoms with Gasteiger partial charge in [0.15, 0.2) is 11.0 Å². The molecule has 0 aliphatic carbocycles. The fraction of sp³-hybridized carbons (Fsp3) is 0.348. The highest BCUT2D eigenvalue weighted by atomic mass is 32.2. The largest absolute Gasteiger partial charge is 0.485 e. The predicted molar refractivity (Wildman–Crippen MR) is 120 cm³/mol. The van der Waals surface area contributed by atoms with Crippen molar-refractivity contribution >= 4 is 17.7 Å². The fourth-order valence-electron chi connectivity index (χ4n) is 2.83. The maximum Gasteiger partial charge on any atom is 0.233 e. The van der Waals surface area contributed by atoms with Crippen LogP contribution in [0.4, 0.5) is 0 Å². The van der Waals surface area contributed by atoms with Crippen LogP contribution in [0, 0.1) is 12.8 Å². The quantitative estimate of drug-likeness (QED) is 0.516. The van der Waals surface area contributed by atoms with E-state index in [-0.39, 0.29) is 17.8 Å². The van der Waals surface area contributed by atoms with Crippen molar-refractivity contribution in [2.24, 2.45) is 5.92 Å². The van der Waals surface area contributed by atoms with Crippen LogP contribution in [0.1, 0.15) is 32.2 Å². The molecule has 0 spiro atoms. The first kappa shape index (κ1) is 21.9. The van der Waals surface area contributed by atoms with Gasteiger partial charge in [-0.25, -0.2) is 0 Å². The number of nitrogens with zero attached hydrogens (tertiary/aromatic N) is 3. The Kier molecular flexibility index (Phi) is 7.52. The van der Waals surface area contributed by atoms with Crippen molar-refractivity contribution in [3.63, 3.8) is 0 Å². The molecule has 1 aromatic heterocycles. The van der Waals surface area contributed by atoms with Gasteiger partial charge < -0.3 is 10.1 Å². The Bertz CT molecular complexity index is 972. The van der Waals surface area contributed by atoms with Crippen LogP contribution >= 0.6 is 11.8 Å². The van der Waals surface area contributed by atoms with Gasteiger partial charge in [0.2, 0.25) is 5.91 Å². The molecule has 0 fully saturated rings. The van der Waals surface area contributed by atoms with Gasteiger partial charge in [0.05, 0.1) is 5.25 Å². The lowest BCUT2D eigenvalue weighted by Crippen LogP contribution is -2.33. The predicted octanol–water partition coefficient (Wildman–Crippen LogP) is 4.41. The molecule has 1 unspecified atom stereocenters. The molecule has 1 atom stereocenters. The average Bonchev–Trinajstić information content (AvgIpc) is 3.14. The number of aromatic nitrogens is 3. The van der Waals surface area contributed by atoms with E-state index >= 15 is 0 Å². The van der Waals surface area contributed by atoms with Crippen molar-refractivity contribution < 1.29 is 9.53 Å². The van der Waals surface area contributed by atoms with Crippen LogP contribution in [0.15, 0.2) is 59.8 Å². The molecule has 1 heterocycles. The lowest BCUT2D eigenvalue weighted by molar-refractivity contribution is -0.120. The van der Waals surface area contributed by atoms with Gasteiger partial charge in [-0.15, -0.1) is 10.2 Å². The maximum absolute atomic E-state index is 12.4. The summed E-state index contributed by atoms with van der Waals surface area (Å²) in [4.78, 5) is 12.4. The van der Waals surface area contributed by atoms with Crippen molar-refractivity contribution in [3.05, 3.63) is 66.0 Å². The minimum absolute atomic E-state index is 0.00554. The highest BCUT2D eigenvalue weighted by Gasteiger charge is 2.21. The topological polar surface area (TPSA) is 69.0 Å². The SMILES string of the molecule is Cc1ccccc1OCc1nnc(SC(C)C(=O)NCC(C)C)n1-c1ccccc1. The summed E-state index contributed by atoms with van der Waals surface area (Å²) in [5.41, 5.74) is 2.00. The van der Waals surface area contributed by atoms with Gasteiger partial charge in [-0.3, -0.25) is 9.36 Å². The van der Waals surface area contributed by atoms with Crippen LogP contribution in [0.25, 0.3) is 5.69 Å². The summed E-state index contributed by atoms with van der Waals surface area (Å²) in [6, 6.07) is 17.8. The second kappa shape index (κ2) is 10.3. The van der Waals surface area contributed by atoms with Crippen LogP contribution in [-0.4, -0.2) is 32.5 Å². The van der Waals surface area contributed by atoms with E-state index in [2.05, 4.69) is 29.4 Å². The van der Waals surface area contributed by atoms with E-state index in [9.17, 15) is 4.79 Å². The Labute approximate surface area is 182 Å². The molecule has 7 heteroatoms. The number of benzene rings is 2. The first-order valence-electron chi connectivity index (χ1n) is 10.1. The number of hydrogen-bond acceptors (Lipinski definition) is 5. The number of amides is 1. The molecule has 0 aliphatic heterocycles. The lowest BCUT2D eigenvalue weighted by atomic mass is 10.2. The maximum atomic E-state index is 12.4. The molecule has 0 bridgehead atoms. The lowest BCUT2D eigenvalue weighted by Gasteiger charge is -2.15. The molecule has 6 nitrogen and oxygen atoms in total.